The van der Waals surface area contributed by atoms with Crippen LogP contribution in [0.2, 0.25) is 13.3 Å². The molecule has 0 aliphatic heterocycles. The fraction of sp³-hybridized carbons (Fsp3) is 0.400. The molecule has 0 aromatic heterocycles. The van der Waals surface area contributed by atoms with Gasteiger partial charge in [0, 0.05) is 0 Å². The normalized spacial score (nSPS) is 11.0. The molecule has 0 radical (unpaired) electrons. The van der Waals surface area contributed by atoms with E-state index in [1.165, 1.54) is 66.0 Å². The fourth-order valence-electron chi connectivity index (χ4n) is 4.56. The summed E-state index contributed by atoms with van der Waals surface area (Å²) < 4.78 is 4.42. The Morgan fingerprint density at radius 1 is 0.452 bits per heavy atom. The molecule has 31 heavy (non-hydrogen) atoms. The summed E-state index contributed by atoms with van der Waals surface area (Å²) in [4.78, 5) is 0. The van der Waals surface area contributed by atoms with Gasteiger partial charge in [0.1, 0.15) is 0 Å². The molecule has 162 valence electrons. The third-order valence-electron chi connectivity index (χ3n) is 7.39. The van der Waals surface area contributed by atoms with Crippen LogP contribution in [-0.4, -0.2) is 19.8 Å². The minimum atomic E-state index is -1.52. The van der Waals surface area contributed by atoms with E-state index in [9.17, 15) is 0 Å². The fourth-order valence-corrected chi connectivity index (χ4v) is 12.0. The number of benzene rings is 3. The molecule has 0 bridgehead atoms. The summed E-state index contributed by atoms with van der Waals surface area (Å²) in [6, 6.07) is 20.6. The topological polar surface area (TPSA) is 0 Å². The zero-order valence-corrected chi connectivity index (χ0v) is 23.3. The molecule has 3 aromatic carbocycles. The van der Waals surface area contributed by atoms with Crippen LogP contribution in [0, 0.1) is 41.5 Å². The Bertz CT molecular complexity index is 883. The van der Waals surface area contributed by atoms with E-state index in [1.54, 1.807) is 16.7 Å². The molecule has 0 aliphatic rings. The molecule has 0 saturated heterocycles. The van der Waals surface area contributed by atoms with E-state index >= 15 is 0 Å². The van der Waals surface area contributed by atoms with Crippen LogP contribution in [0.1, 0.15) is 50.1 Å². The van der Waals surface area contributed by atoms with Gasteiger partial charge in [-0.25, -0.2) is 0 Å². The Kier molecular flexibility index (Phi) is 8.84. The third kappa shape index (κ3) is 6.48. The average Bonchev–Trinajstić information content (AvgIpc) is 2.75. The standard InChI is InChI=1S/3C10H13.Sn/c3*1-4-10-7-5-6-8(2)9(10)3;/h3*5-7H,1,4H2,2-3H3;/q;;;+1. The molecule has 0 aliphatic carbocycles. The molecule has 3 aromatic rings. The summed E-state index contributed by atoms with van der Waals surface area (Å²) >= 11 is -1.52. The van der Waals surface area contributed by atoms with Gasteiger partial charge in [0.05, 0.1) is 0 Å². The monoisotopic (exact) mass is 519 g/mol. The van der Waals surface area contributed by atoms with Crippen molar-refractivity contribution < 1.29 is 0 Å². The quantitative estimate of drug-likeness (QED) is 0.252. The van der Waals surface area contributed by atoms with Crippen LogP contribution in [0.15, 0.2) is 54.6 Å². The molecule has 0 fully saturated rings. The molecule has 0 heterocycles. The van der Waals surface area contributed by atoms with Gasteiger partial charge in [-0.1, -0.05) is 0 Å². The molecule has 1 heteroatoms. The third-order valence-corrected chi connectivity index (χ3v) is 15.6. The molecule has 0 saturated carbocycles. The van der Waals surface area contributed by atoms with Crippen molar-refractivity contribution in [3.8, 4) is 0 Å². The molecule has 0 spiro atoms. The van der Waals surface area contributed by atoms with E-state index in [4.69, 9.17) is 0 Å². The van der Waals surface area contributed by atoms with Crippen LogP contribution in [0.5, 0.6) is 0 Å². The van der Waals surface area contributed by atoms with E-state index in [0.717, 1.165) is 0 Å². The van der Waals surface area contributed by atoms with Gasteiger partial charge in [0.15, 0.2) is 0 Å². The molecule has 0 amide bonds. The van der Waals surface area contributed by atoms with Crippen LogP contribution in [-0.2, 0) is 19.3 Å². The first-order chi connectivity index (χ1) is 14.9. The molecule has 0 atom stereocenters. The van der Waals surface area contributed by atoms with Crippen molar-refractivity contribution in [2.75, 3.05) is 0 Å². The van der Waals surface area contributed by atoms with E-state index in [2.05, 4.69) is 96.1 Å². The van der Waals surface area contributed by atoms with E-state index in [0.29, 0.717) is 0 Å². The molecule has 0 N–H and O–H groups in total. The predicted molar refractivity (Wildman–Crippen MR) is 139 cm³/mol. The zero-order valence-electron chi connectivity index (χ0n) is 20.4. The summed E-state index contributed by atoms with van der Waals surface area (Å²) in [5.41, 5.74) is 13.6. The summed E-state index contributed by atoms with van der Waals surface area (Å²) in [5.74, 6) is 0. The van der Waals surface area contributed by atoms with Crippen molar-refractivity contribution in [1.29, 1.82) is 0 Å². The molecule has 0 nitrogen and oxygen atoms in total. The van der Waals surface area contributed by atoms with Gasteiger partial charge < -0.3 is 0 Å². The van der Waals surface area contributed by atoms with Crippen molar-refractivity contribution in [2.45, 2.75) is 74.1 Å². The first-order valence-corrected chi connectivity index (χ1v) is 17.9. The molecule has 3 rings (SSSR count). The van der Waals surface area contributed by atoms with Crippen molar-refractivity contribution >= 4 is 19.8 Å². The van der Waals surface area contributed by atoms with Crippen molar-refractivity contribution in [1.82, 2.24) is 0 Å². The summed E-state index contributed by atoms with van der Waals surface area (Å²) in [5, 5.41) is 0. The van der Waals surface area contributed by atoms with Gasteiger partial charge in [-0.2, -0.15) is 0 Å². The Labute approximate surface area is 197 Å². The van der Waals surface area contributed by atoms with Crippen LogP contribution in [0.4, 0.5) is 0 Å². The maximum atomic E-state index is 2.36. The van der Waals surface area contributed by atoms with Crippen molar-refractivity contribution in [2.24, 2.45) is 0 Å². The number of hydrogen-bond acceptors (Lipinski definition) is 0. The summed E-state index contributed by atoms with van der Waals surface area (Å²) in [7, 11) is 0. The Hall–Kier alpha value is -1.54. The second-order valence-corrected chi connectivity index (χ2v) is 17.9. The second kappa shape index (κ2) is 11.4. The van der Waals surface area contributed by atoms with Gasteiger partial charge in [-0.3, -0.25) is 0 Å². The first kappa shape index (κ1) is 24.1. The van der Waals surface area contributed by atoms with Gasteiger partial charge in [-0.15, -0.1) is 0 Å². The minimum absolute atomic E-state index is 1.28. The SMILES string of the molecule is Cc1cccc(C[CH2][Sn+]([CH2]Cc2cccc(C)c2C)[CH2]Cc2cccc(C)c2C)c1C. The Morgan fingerprint density at radius 3 is 1.03 bits per heavy atom. The van der Waals surface area contributed by atoms with E-state index in [1.807, 2.05) is 0 Å². The van der Waals surface area contributed by atoms with Gasteiger partial charge in [0.25, 0.3) is 0 Å². The molecule has 0 unspecified atom stereocenters. The van der Waals surface area contributed by atoms with Crippen molar-refractivity contribution in [3.05, 3.63) is 105 Å². The maximum absolute atomic E-state index is 2.36. The first-order valence-electron chi connectivity index (χ1n) is 11.9. The summed E-state index contributed by atoms with van der Waals surface area (Å²) in [6.45, 7) is 13.7. The average molecular weight is 518 g/mol. The van der Waals surface area contributed by atoms with Gasteiger partial charge in [0.2, 0.25) is 0 Å². The van der Waals surface area contributed by atoms with Gasteiger partial charge in [-0.05, 0) is 0 Å². The number of aryl methyl sites for hydroxylation is 6. The van der Waals surface area contributed by atoms with E-state index in [-0.39, 0.29) is 0 Å². The van der Waals surface area contributed by atoms with Crippen LogP contribution >= 0.6 is 0 Å². The Morgan fingerprint density at radius 2 is 0.742 bits per heavy atom. The summed E-state index contributed by atoms with van der Waals surface area (Å²) in [6.07, 6.45) is 3.84. The van der Waals surface area contributed by atoms with Crippen LogP contribution < -0.4 is 0 Å². The predicted octanol–water partition coefficient (Wildman–Crippen LogP) is 8.06. The van der Waals surface area contributed by atoms with Crippen LogP contribution in [0.3, 0.4) is 0 Å². The molecular formula is C30H39Sn+. The van der Waals surface area contributed by atoms with E-state index < -0.39 is 19.8 Å². The van der Waals surface area contributed by atoms with Gasteiger partial charge >= 0.3 is 199 Å². The molecular weight excluding hydrogens is 479 g/mol. The van der Waals surface area contributed by atoms with Crippen molar-refractivity contribution in [3.63, 3.8) is 0 Å². The van der Waals surface area contributed by atoms with Crippen LogP contribution in [0.25, 0.3) is 0 Å². The zero-order chi connectivity index (χ0) is 22.4. The number of rotatable bonds is 9. The number of hydrogen-bond donors (Lipinski definition) is 0. The Balaban J connectivity index is 1.71. The second-order valence-electron chi connectivity index (χ2n) is 9.33.